The molecule has 0 saturated heterocycles. The summed E-state index contributed by atoms with van der Waals surface area (Å²) in [6.07, 6.45) is 1.00. The van der Waals surface area contributed by atoms with Crippen LogP contribution in [0, 0.1) is 11.3 Å². The van der Waals surface area contributed by atoms with Crippen LogP contribution in [-0.2, 0) is 0 Å². The normalized spacial score (nSPS) is 10.4. The molecule has 0 aromatic heterocycles. The van der Waals surface area contributed by atoms with E-state index in [4.69, 9.17) is 5.26 Å². The van der Waals surface area contributed by atoms with Gasteiger partial charge in [-0.15, -0.1) is 0 Å². The van der Waals surface area contributed by atoms with Gasteiger partial charge in [-0.25, -0.2) is 0 Å². The number of Topliss-reactive ketones (excluding diaryl/α,β-unsaturated/α-hetero) is 1. The summed E-state index contributed by atoms with van der Waals surface area (Å²) in [5.74, 6) is 0.0374. The second-order valence-corrected chi connectivity index (χ2v) is 5.19. The maximum absolute atomic E-state index is 11.8. The molecule has 0 atom stereocenters. The van der Waals surface area contributed by atoms with E-state index in [1.54, 1.807) is 19.1 Å². The van der Waals surface area contributed by atoms with Crippen LogP contribution < -0.4 is 4.90 Å². The first-order valence-electron chi connectivity index (χ1n) is 6.94. The fraction of sp³-hybridized carbons (Fsp3) is 0.500. The van der Waals surface area contributed by atoms with E-state index >= 15 is 0 Å². The van der Waals surface area contributed by atoms with Crippen molar-refractivity contribution in [3.8, 4) is 6.07 Å². The van der Waals surface area contributed by atoms with Crippen LogP contribution >= 0.6 is 0 Å². The Labute approximate surface area is 121 Å². The van der Waals surface area contributed by atoms with Crippen molar-refractivity contribution in [3.63, 3.8) is 0 Å². The Morgan fingerprint density at radius 2 is 1.95 bits per heavy atom. The van der Waals surface area contributed by atoms with E-state index < -0.39 is 0 Å². The SMILES string of the molecule is CCCN(CCN(C)C)c1cc(C#N)ccc1C(C)=O. The van der Waals surface area contributed by atoms with Gasteiger partial charge in [0.2, 0.25) is 0 Å². The molecule has 0 bridgehead atoms. The van der Waals surface area contributed by atoms with Crippen molar-refractivity contribution in [2.24, 2.45) is 0 Å². The van der Waals surface area contributed by atoms with Crippen molar-refractivity contribution in [1.29, 1.82) is 5.26 Å². The van der Waals surface area contributed by atoms with Gasteiger partial charge in [-0.1, -0.05) is 6.92 Å². The fourth-order valence-corrected chi connectivity index (χ4v) is 2.10. The number of anilines is 1. The fourth-order valence-electron chi connectivity index (χ4n) is 2.10. The number of carbonyl (C=O) groups excluding carboxylic acids is 1. The van der Waals surface area contributed by atoms with Gasteiger partial charge in [0.25, 0.3) is 0 Å². The molecular formula is C16H23N3O. The second-order valence-electron chi connectivity index (χ2n) is 5.19. The molecule has 0 N–H and O–H groups in total. The molecular weight excluding hydrogens is 250 g/mol. The summed E-state index contributed by atoms with van der Waals surface area (Å²) in [5, 5.41) is 9.06. The smallest absolute Gasteiger partial charge is 0.161 e. The third-order valence-electron chi connectivity index (χ3n) is 3.16. The molecule has 4 nitrogen and oxygen atoms in total. The molecule has 20 heavy (non-hydrogen) atoms. The highest BCUT2D eigenvalue weighted by Crippen LogP contribution is 2.23. The zero-order valence-electron chi connectivity index (χ0n) is 12.8. The topological polar surface area (TPSA) is 47.3 Å². The van der Waals surface area contributed by atoms with Crippen LogP contribution in [-0.4, -0.2) is 44.4 Å². The van der Waals surface area contributed by atoms with Gasteiger partial charge in [-0.05, 0) is 45.6 Å². The Bertz CT molecular complexity index is 503. The highest BCUT2D eigenvalue weighted by atomic mass is 16.1. The van der Waals surface area contributed by atoms with Crippen molar-refractivity contribution in [2.75, 3.05) is 38.6 Å². The van der Waals surface area contributed by atoms with Crippen molar-refractivity contribution in [2.45, 2.75) is 20.3 Å². The van der Waals surface area contributed by atoms with Gasteiger partial charge in [0, 0.05) is 30.9 Å². The standard InChI is InChI=1S/C16H23N3O/c1-5-8-19(10-9-18(3)4)16-11-14(12-17)6-7-15(16)13(2)20/h6-7,11H,5,8-10H2,1-4H3. The summed E-state index contributed by atoms with van der Waals surface area (Å²) in [4.78, 5) is 16.1. The minimum atomic E-state index is 0.0374. The lowest BCUT2D eigenvalue weighted by molar-refractivity contribution is 0.101. The van der Waals surface area contributed by atoms with Crippen molar-refractivity contribution < 1.29 is 4.79 Å². The maximum Gasteiger partial charge on any atom is 0.161 e. The Balaban J connectivity index is 3.15. The molecule has 1 rings (SSSR count). The summed E-state index contributed by atoms with van der Waals surface area (Å²) < 4.78 is 0. The molecule has 0 saturated carbocycles. The molecule has 0 spiro atoms. The maximum atomic E-state index is 11.8. The average Bonchev–Trinajstić information content (AvgIpc) is 2.42. The number of rotatable bonds is 7. The van der Waals surface area contributed by atoms with Gasteiger partial charge in [0.1, 0.15) is 0 Å². The summed E-state index contributed by atoms with van der Waals surface area (Å²) in [6, 6.07) is 7.43. The molecule has 0 aliphatic rings. The van der Waals surface area contributed by atoms with Gasteiger partial charge >= 0.3 is 0 Å². The Morgan fingerprint density at radius 1 is 1.25 bits per heavy atom. The third-order valence-corrected chi connectivity index (χ3v) is 3.16. The van der Waals surface area contributed by atoms with Crippen LogP contribution in [0.3, 0.4) is 0 Å². The largest absolute Gasteiger partial charge is 0.370 e. The van der Waals surface area contributed by atoms with E-state index in [9.17, 15) is 4.79 Å². The molecule has 0 heterocycles. The van der Waals surface area contributed by atoms with Gasteiger partial charge in [0.15, 0.2) is 5.78 Å². The zero-order valence-corrected chi connectivity index (χ0v) is 12.8. The highest BCUT2D eigenvalue weighted by Gasteiger charge is 2.14. The van der Waals surface area contributed by atoms with Gasteiger partial charge < -0.3 is 9.80 Å². The summed E-state index contributed by atoms with van der Waals surface area (Å²) in [7, 11) is 4.06. The van der Waals surface area contributed by atoms with Crippen LogP contribution in [0.2, 0.25) is 0 Å². The number of hydrogen-bond donors (Lipinski definition) is 0. The zero-order chi connectivity index (χ0) is 15.1. The first-order chi connectivity index (χ1) is 9.49. The Hall–Kier alpha value is -1.86. The molecule has 1 aromatic rings. The highest BCUT2D eigenvalue weighted by molar-refractivity contribution is 6.00. The predicted molar refractivity (Wildman–Crippen MR) is 82.2 cm³/mol. The molecule has 0 aliphatic heterocycles. The van der Waals surface area contributed by atoms with Crippen molar-refractivity contribution in [1.82, 2.24) is 4.90 Å². The monoisotopic (exact) mass is 273 g/mol. The lowest BCUT2D eigenvalue weighted by Gasteiger charge is -2.27. The number of hydrogen-bond acceptors (Lipinski definition) is 4. The van der Waals surface area contributed by atoms with E-state index in [0.29, 0.717) is 11.1 Å². The summed E-state index contributed by atoms with van der Waals surface area (Å²) >= 11 is 0. The van der Waals surface area contributed by atoms with Crippen LogP contribution in [0.1, 0.15) is 36.2 Å². The molecule has 108 valence electrons. The van der Waals surface area contributed by atoms with Gasteiger partial charge in [-0.3, -0.25) is 4.79 Å². The third kappa shape index (κ3) is 4.36. The Kier molecular flexibility index (Phi) is 6.20. The second kappa shape index (κ2) is 7.66. The van der Waals surface area contributed by atoms with E-state index in [1.807, 2.05) is 20.2 Å². The first kappa shape index (κ1) is 16.2. The van der Waals surface area contributed by atoms with Crippen LogP contribution in [0.15, 0.2) is 18.2 Å². The average molecular weight is 273 g/mol. The molecule has 0 fully saturated rings. The minimum absolute atomic E-state index is 0.0374. The molecule has 0 amide bonds. The molecule has 0 unspecified atom stereocenters. The molecule has 1 aromatic carbocycles. The number of nitrogens with zero attached hydrogens (tertiary/aromatic N) is 3. The number of ketones is 1. The van der Waals surface area contributed by atoms with Crippen LogP contribution in [0.25, 0.3) is 0 Å². The van der Waals surface area contributed by atoms with Crippen molar-refractivity contribution in [3.05, 3.63) is 29.3 Å². The minimum Gasteiger partial charge on any atom is -0.370 e. The number of nitriles is 1. The lowest BCUT2D eigenvalue weighted by atomic mass is 10.0. The number of benzene rings is 1. The van der Waals surface area contributed by atoms with E-state index in [2.05, 4.69) is 22.8 Å². The summed E-state index contributed by atoms with van der Waals surface area (Å²) in [5.41, 5.74) is 2.16. The van der Waals surface area contributed by atoms with Crippen LogP contribution in [0.5, 0.6) is 0 Å². The van der Waals surface area contributed by atoms with Crippen molar-refractivity contribution >= 4 is 11.5 Å². The van der Waals surface area contributed by atoms with E-state index in [0.717, 1.165) is 31.7 Å². The predicted octanol–water partition coefficient (Wildman–Crippen LogP) is 2.54. The lowest BCUT2D eigenvalue weighted by Crippen LogP contribution is -2.33. The van der Waals surface area contributed by atoms with E-state index in [-0.39, 0.29) is 5.78 Å². The van der Waals surface area contributed by atoms with Crippen LogP contribution in [0.4, 0.5) is 5.69 Å². The number of likely N-dealkylation sites (N-methyl/N-ethyl adjacent to an activating group) is 1. The van der Waals surface area contributed by atoms with E-state index in [1.165, 1.54) is 0 Å². The first-order valence-corrected chi connectivity index (χ1v) is 6.94. The Morgan fingerprint density at radius 3 is 2.45 bits per heavy atom. The number of carbonyl (C=O) groups is 1. The van der Waals surface area contributed by atoms with Gasteiger partial charge in [0.05, 0.1) is 11.6 Å². The molecule has 0 radical (unpaired) electrons. The van der Waals surface area contributed by atoms with Gasteiger partial charge in [-0.2, -0.15) is 5.26 Å². The molecule has 0 aliphatic carbocycles. The summed E-state index contributed by atoms with van der Waals surface area (Å²) in [6.45, 7) is 6.32. The quantitative estimate of drug-likeness (QED) is 0.716. The molecule has 4 heteroatoms.